The summed E-state index contributed by atoms with van der Waals surface area (Å²) in [5, 5.41) is 9.93. The van der Waals surface area contributed by atoms with E-state index < -0.39 is 0 Å². The molecular formula is C20H19N3O3S. The van der Waals surface area contributed by atoms with Crippen molar-refractivity contribution in [2.75, 3.05) is 11.4 Å². The van der Waals surface area contributed by atoms with Crippen LogP contribution in [0.25, 0.3) is 0 Å². The van der Waals surface area contributed by atoms with E-state index >= 15 is 0 Å². The number of carbonyl (C=O) groups is 2. The molecule has 2 aromatic carbocycles. The first-order chi connectivity index (χ1) is 13.0. The quantitative estimate of drug-likeness (QED) is 0.816. The Morgan fingerprint density at radius 3 is 2.44 bits per heavy atom. The third kappa shape index (κ3) is 4.20. The Balaban J connectivity index is 1.94. The molecule has 0 unspecified atom stereocenters. The van der Waals surface area contributed by atoms with Crippen LogP contribution in [0.5, 0.6) is 5.75 Å². The summed E-state index contributed by atoms with van der Waals surface area (Å²) in [5.74, 6) is -0.224. The Bertz CT molecular complexity index is 908. The number of thioether (sulfide) groups is 1. The number of aliphatic imine (C=N–C) groups is 1. The van der Waals surface area contributed by atoms with Crippen molar-refractivity contribution in [3.8, 4) is 5.75 Å². The fraction of sp³-hybridized carbons (Fsp3) is 0.150. The van der Waals surface area contributed by atoms with Crippen molar-refractivity contribution in [2.45, 2.75) is 13.8 Å². The van der Waals surface area contributed by atoms with Gasteiger partial charge in [0.15, 0.2) is 5.17 Å². The van der Waals surface area contributed by atoms with Gasteiger partial charge in [0.25, 0.3) is 5.91 Å². The van der Waals surface area contributed by atoms with Crippen molar-refractivity contribution in [2.24, 2.45) is 4.99 Å². The smallest absolute Gasteiger partial charge is 0.268 e. The number of hydrogen-bond acceptors (Lipinski definition) is 5. The molecular weight excluding hydrogens is 362 g/mol. The normalized spacial score (nSPS) is 17.0. The van der Waals surface area contributed by atoms with Gasteiger partial charge in [0.05, 0.1) is 10.6 Å². The van der Waals surface area contributed by atoms with Gasteiger partial charge in [-0.15, -0.1) is 0 Å². The molecule has 138 valence electrons. The molecule has 1 aliphatic rings. The van der Waals surface area contributed by atoms with Crippen LogP contribution in [0.3, 0.4) is 0 Å². The van der Waals surface area contributed by atoms with Crippen molar-refractivity contribution < 1.29 is 14.7 Å². The summed E-state index contributed by atoms with van der Waals surface area (Å²) in [4.78, 5) is 32.8. The van der Waals surface area contributed by atoms with E-state index in [1.54, 1.807) is 35.4 Å². The molecule has 1 N–H and O–H groups in total. The zero-order chi connectivity index (χ0) is 19.4. The Labute approximate surface area is 161 Å². The molecule has 7 heteroatoms. The van der Waals surface area contributed by atoms with E-state index in [4.69, 9.17) is 0 Å². The number of phenols is 1. The summed E-state index contributed by atoms with van der Waals surface area (Å²) in [6.45, 7) is 3.79. The molecule has 0 bridgehead atoms. The van der Waals surface area contributed by atoms with Gasteiger partial charge in [-0.1, -0.05) is 18.2 Å². The predicted octanol–water partition coefficient (Wildman–Crippen LogP) is 3.87. The first kappa shape index (κ1) is 18.7. The number of para-hydroxylation sites is 1. The molecule has 1 saturated heterocycles. The highest BCUT2D eigenvalue weighted by Gasteiger charge is 2.33. The minimum absolute atomic E-state index is 0.155. The van der Waals surface area contributed by atoms with Crippen LogP contribution in [-0.4, -0.2) is 33.5 Å². The average Bonchev–Trinajstić information content (AvgIpc) is 2.96. The van der Waals surface area contributed by atoms with Crippen LogP contribution in [0.2, 0.25) is 0 Å². The SMILES string of the molecule is CCN1C(=O)/C(=C\N(C(C)=O)c2ccccc2)SC1=Nc1ccc(O)cc1. The molecule has 2 amide bonds. The van der Waals surface area contributed by atoms with Gasteiger partial charge < -0.3 is 5.11 Å². The van der Waals surface area contributed by atoms with Gasteiger partial charge >= 0.3 is 0 Å². The van der Waals surface area contributed by atoms with Crippen molar-refractivity contribution in [3.05, 3.63) is 65.7 Å². The van der Waals surface area contributed by atoms with E-state index in [-0.39, 0.29) is 17.6 Å². The minimum Gasteiger partial charge on any atom is -0.508 e. The second-order valence-electron chi connectivity index (χ2n) is 5.78. The fourth-order valence-corrected chi connectivity index (χ4v) is 3.58. The van der Waals surface area contributed by atoms with Crippen LogP contribution in [0, 0.1) is 0 Å². The van der Waals surface area contributed by atoms with Crippen molar-refractivity contribution in [1.29, 1.82) is 0 Å². The lowest BCUT2D eigenvalue weighted by atomic mass is 10.3. The number of nitrogens with zero attached hydrogens (tertiary/aromatic N) is 3. The van der Waals surface area contributed by atoms with E-state index in [1.807, 2.05) is 37.3 Å². The Morgan fingerprint density at radius 1 is 1.19 bits per heavy atom. The van der Waals surface area contributed by atoms with Crippen molar-refractivity contribution in [1.82, 2.24) is 4.90 Å². The highest BCUT2D eigenvalue weighted by molar-refractivity contribution is 8.18. The third-order valence-electron chi connectivity index (χ3n) is 3.90. The molecule has 0 aromatic heterocycles. The lowest BCUT2D eigenvalue weighted by Crippen LogP contribution is -2.29. The van der Waals surface area contributed by atoms with E-state index in [1.165, 1.54) is 23.6 Å². The van der Waals surface area contributed by atoms with Gasteiger partial charge in [0, 0.05) is 25.4 Å². The van der Waals surface area contributed by atoms with Gasteiger partial charge in [-0.05, 0) is 55.1 Å². The summed E-state index contributed by atoms with van der Waals surface area (Å²) in [6, 6.07) is 15.6. The Hall–Kier alpha value is -3.06. The number of rotatable bonds is 4. The van der Waals surface area contributed by atoms with E-state index in [2.05, 4.69) is 4.99 Å². The molecule has 27 heavy (non-hydrogen) atoms. The number of phenolic OH excluding ortho intramolecular Hbond substituents is 1. The number of hydrogen-bond donors (Lipinski definition) is 1. The first-order valence-electron chi connectivity index (χ1n) is 8.43. The number of amidine groups is 1. The van der Waals surface area contributed by atoms with Crippen molar-refractivity contribution >= 4 is 40.1 Å². The van der Waals surface area contributed by atoms with E-state index in [9.17, 15) is 14.7 Å². The number of anilines is 1. The number of benzene rings is 2. The maximum atomic E-state index is 12.8. The number of likely N-dealkylation sites (N-methyl/N-ethyl adjacent to an activating group) is 1. The maximum absolute atomic E-state index is 12.8. The monoisotopic (exact) mass is 381 g/mol. The largest absolute Gasteiger partial charge is 0.508 e. The lowest BCUT2D eigenvalue weighted by Gasteiger charge is -2.17. The molecule has 0 atom stereocenters. The second-order valence-corrected chi connectivity index (χ2v) is 6.79. The molecule has 0 aliphatic carbocycles. The topological polar surface area (TPSA) is 73.2 Å². The molecule has 1 fully saturated rings. The van der Waals surface area contributed by atoms with Crippen molar-refractivity contribution in [3.63, 3.8) is 0 Å². The lowest BCUT2D eigenvalue weighted by molar-refractivity contribution is -0.122. The standard InChI is InChI=1S/C20H19N3O3S/c1-3-22-19(26)18(13-23(14(2)24)16-7-5-4-6-8-16)27-20(22)21-15-9-11-17(25)12-10-15/h4-13,25H,3H2,1-2H3/b18-13+,21-20?. The minimum atomic E-state index is -0.192. The maximum Gasteiger partial charge on any atom is 0.268 e. The van der Waals surface area contributed by atoms with Gasteiger partial charge in [0.2, 0.25) is 5.91 Å². The van der Waals surface area contributed by atoms with E-state index in [0.29, 0.717) is 28.0 Å². The van der Waals surface area contributed by atoms with Gasteiger partial charge in [-0.25, -0.2) is 4.99 Å². The number of carbonyl (C=O) groups excluding carboxylic acids is 2. The van der Waals surface area contributed by atoms with Gasteiger partial charge in [0.1, 0.15) is 5.75 Å². The van der Waals surface area contributed by atoms with Crippen LogP contribution in [0.4, 0.5) is 11.4 Å². The molecule has 6 nitrogen and oxygen atoms in total. The fourth-order valence-electron chi connectivity index (χ4n) is 2.55. The second kappa shape index (κ2) is 8.09. The van der Waals surface area contributed by atoms with Gasteiger partial charge in [-0.3, -0.25) is 19.4 Å². The number of amides is 2. The highest BCUT2D eigenvalue weighted by Crippen LogP contribution is 2.33. The molecule has 1 aliphatic heterocycles. The Kier molecular flexibility index (Phi) is 5.61. The Morgan fingerprint density at radius 2 is 1.85 bits per heavy atom. The third-order valence-corrected chi connectivity index (χ3v) is 4.89. The zero-order valence-corrected chi connectivity index (χ0v) is 15.8. The van der Waals surface area contributed by atoms with Crippen LogP contribution < -0.4 is 4.90 Å². The molecule has 0 spiro atoms. The van der Waals surface area contributed by atoms with Gasteiger partial charge in [-0.2, -0.15) is 0 Å². The summed E-state index contributed by atoms with van der Waals surface area (Å²) < 4.78 is 0. The molecule has 0 saturated carbocycles. The zero-order valence-electron chi connectivity index (χ0n) is 15.0. The summed E-state index contributed by atoms with van der Waals surface area (Å²) in [5.41, 5.74) is 1.33. The summed E-state index contributed by atoms with van der Waals surface area (Å²) in [6.07, 6.45) is 1.56. The summed E-state index contributed by atoms with van der Waals surface area (Å²) in [7, 11) is 0. The molecule has 1 heterocycles. The van der Waals surface area contributed by atoms with Crippen LogP contribution in [0.15, 0.2) is 70.7 Å². The first-order valence-corrected chi connectivity index (χ1v) is 9.25. The molecule has 0 radical (unpaired) electrons. The number of aromatic hydroxyl groups is 1. The molecule has 2 aromatic rings. The highest BCUT2D eigenvalue weighted by atomic mass is 32.2. The summed E-state index contributed by atoms with van der Waals surface area (Å²) >= 11 is 1.22. The predicted molar refractivity (Wildman–Crippen MR) is 108 cm³/mol. The van der Waals surface area contributed by atoms with Crippen LogP contribution in [-0.2, 0) is 9.59 Å². The van der Waals surface area contributed by atoms with Crippen LogP contribution >= 0.6 is 11.8 Å². The van der Waals surface area contributed by atoms with Crippen LogP contribution in [0.1, 0.15) is 13.8 Å². The average molecular weight is 381 g/mol. The van der Waals surface area contributed by atoms with E-state index in [0.717, 1.165) is 0 Å². The molecule has 3 rings (SSSR count).